The number of amides is 2. The van der Waals surface area contributed by atoms with E-state index in [4.69, 9.17) is 9.47 Å². The molecule has 0 fully saturated rings. The molecule has 9 heteroatoms. The minimum Gasteiger partial charge on any atom is -0.489 e. The van der Waals surface area contributed by atoms with Gasteiger partial charge in [0.15, 0.2) is 0 Å². The van der Waals surface area contributed by atoms with E-state index < -0.39 is 29.5 Å². The standard InChI is InChI=1S/C24H29F3N2O4/c1-5-20(29-22(31)33-23(2,3)4)21(30)28-14-16-10-12-18(13-11-16)32-15-17-8-6-7-9-19(17)24(25,26)27/h6-13,20H,5,14-15H2,1-4H3,(H,28,30)(H,29,31). The number of benzene rings is 2. The van der Waals surface area contributed by atoms with E-state index in [1.54, 1.807) is 52.0 Å². The van der Waals surface area contributed by atoms with Gasteiger partial charge in [-0.3, -0.25) is 4.79 Å². The van der Waals surface area contributed by atoms with Crippen molar-refractivity contribution in [2.45, 2.75) is 65.1 Å². The van der Waals surface area contributed by atoms with Gasteiger partial charge in [0.2, 0.25) is 5.91 Å². The van der Waals surface area contributed by atoms with Gasteiger partial charge in [-0.05, 0) is 51.0 Å². The zero-order valence-corrected chi connectivity index (χ0v) is 19.1. The van der Waals surface area contributed by atoms with Crippen LogP contribution in [-0.4, -0.2) is 23.6 Å². The Bertz CT molecular complexity index is 938. The van der Waals surface area contributed by atoms with Crippen molar-refractivity contribution >= 4 is 12.0 Å². The smallest absolute Gasteiger partial charge is 0.416 e. The van der Waals surface area contributed by atoms with Crippen LogP contribution in [0.5, 0.6) is 5.75 Å². The first-order valence-corrected chi connectivity index (χ1v) is 10.5. The molecule has 0 saturated carbocycles. The summed E-state index contributed by atoms with van der Waals surface area (Å²) in [6.45, 7) is 6.95. The predicted molar refractivity (Wildman–Crippen MR) is 118 cm³/mol. The fraction of sp³-hybridized carbons (Fsp3) is 0.417. The Morgan fingerprint density at radius 2 is 1.64 bits per heavy atom. The maximum atomic E-state index is 13.1. The van der Waals surface area contributed by atoms with Crippen LogP contribution in [0.15, 0.2) is 48.5 Å². The molecule has 0 aliphatic rings. The number of ether oxygens (including phenoxy) is 2. The molecule has 6 nitrogen and oxygen atoms in total. The third-order valence-corrected chi connectivity index (χ3v) is 4.52. The molecule has 0 aliphatic heterocycles. The number of alkyl halides is 3. The Morgan fingerprint density at radius 1 is 1.00 bits per heavy atom. The second-order valence-electron chi connectivity index (χ2n) is 8.41. The summed E-state index contributed by atoms with van der Waals surface area (Å²) in [6, 6.07) is 11.2. The van der Waals surface area contributed by atoms with Crippen LogP contribution in [0.25, 0.3) is 0 Å². The van der Waals surface area contributed by atoms with E-state index in [1.807, 2.05) is 0 Å². The molecule has 2 aromatic carbocycles. The fourth-order valence-corrected chi connectivity index (χ4v) is 2.90. The Kier molecular flexibility index (Phi) is 8.73. The van der Waals surface area contributed by atoms with E-state index in [9.17, 15) is 22.8 Å². The monoisotopic (exact) mass is 466 g/mol. The van der Waals surface area contributed by atoms with Crippen LogP contribution in [0.4, 0.5) is 18.0 Å². The molecule has 2 aromatic rings. The number of halogens is 3. The van der Waals surface area contributed by atoms with Crippen LogP contribution in [0.2, 0.25) is 0 Å². The van der Waals surface area contributed by atoms with Gasteiger partial charge in [0.05, 0.1) is 5.56 Å². The van der Waals surface area contributed by atoms with Crippen LogP contribution in [0.3, 0.4) is 0 Å². The van der Waals surface area contributed by atoms with E-state index in [-0.39, 0.29) is 24.6 Å². The van der Waals surface area contributed by atoms with Gasteiger partial charge >= 0.3 is 12.3 Å². The van der Waals surface area contributed by atoms with Crippen molar-refractivity contribution in [2.24, 2.45) is 0 Å². The Hall–Kier alpha value is -3.23. The summed E-state index contributed by atoms with van der Waals surface area (Å²) in [6.07, 6.45) is -4.73. The van der Waals surface area contributed by atoms with Crippen molar-refractivity contribution in [3.05, 3.63) is 65.2 Å². The lowest BCUT2D eigenvalue weighted by molar-refractivity contribution is -0.138. The predicted octanol–water partition coefficient (Wildman–Crippen LogP) is 5.20. The van der Waals surface area contributed by atoms with E-state index in [0.717, 1.165) is 11.6 Å². The average Bonchev–Trinajstić information content (AvgIpc) is 2.73. The summed E-state index contributed by atoms with van der Waals surface area (Å²) in [5.41, 5.74) is -0.588. The van der Waals surface area contributed by atoms with Gasteiger partial charge in [-0.15, -0.1) is 0 Å². The first-order chi connectivity index (χ1) is 15.4. The molecule has 0 aliphatic carbocycles. The highest BCUT2D eigenvalue weighted by molar-refractivity contribution is 5.85. The van der Waals surface area contributed by atoms with Crippen molar-refractivity contribution in [2.75, 3.05) is 0 Å². The summed E-state index contributed by atoms with van der Waals surface area (Å²) in [5.74, 6) is 0.0486. The second kappa shape index (κ2) is 11.1. The van der Waals surface area contributed by atoms with Crippen LogP contribution in [0.1, 0.15) is 50.8 Å². The quantitative estimate of drug-likeness (QED) is 0.560. The van der Waals surface area contributed by atoms with Gasteiger partial charge in [0.25, 0.3) is 0 Å². The van der Waals surface area contributed by atoms with E-state index in [2.05, 4.69) is 10.6 Å². The van der Waals surface area contributed by atoms with Gasteiger partial charge in [0, 0.05) is 12.1 Å². The summed E-state index contributed by atoms with van der Waals surface area (Å²) in [7, 11) is 0. The molecule has 0 saturated heterocycles. The first-order valence-electron chi connectivity index (χ1n) is 10.5. The molecule has 2 N–H and O–H groups in total. The Labute approximate surface area is 191 Å². The topological polar surface area (TPSA) is 76.7 Å². The zero-order valence-electron chi connectivity index (χ0n) is 19.1. The van der Waals surface area contributed by atoms with E-state index in [1.165, 1.54) is 18.2 Å². The molecule has 2 amide bonds. The Morgan fingerprint density at radius 3 is 2.21 bits per heavy atom. The first kappa shape index (κ1) is 26.0. The van der Waals surface area contributed by atoms with Gasteiger partial charge < -0.3 is 20.1 Å². The molecule has 2 rings (SSSR count). The molecule has 33 heavy (non-hydrogen) atoms. The van der Waals surface area contributed by atoms with E-state index >= 15 is 0 Å². The van der Waals surface area contributed by atoms with Gasteiger partial charge in [-0.1, -0.05) is 37.3 Å². The third-order valence-electron chi connectivity index (χ3n) is 4.52. The highest BCUT2D eigenvalue weighted by Crippen LogP contribution is 2.32. The van der Waals surface area contributed by atoms with Gasteiger partial charge in [-0.2, -0.15) is 13.2 Å². The van der Waals surface area contributed by atoms with E-state index in [0.29, 0.717) is 12.2 Å². The second-order valence-corrected chi connectivity index (χ2v) is 8.41. The lowest BCUT2D eigenvalue weighted by Gasteiger charge is -2.22. The molecule has 0 bridgehead atoms. The molecular formula is C24H29F3N2O4. The molecule has 0 aromatic heterocycles. The summed E-state index contributed by atoms with van der Waals surface area (Å²) in [4.78, 5) is 24.3. The molecule has 0 spiro atoms. The van der Waals surface area contributed by atoms with Gasteiger partial charge in [0.1, 0.15) is 24.0 Å². The number of hydrogen-bond donors (Lipinski definition) is 2. The fourth-order valence-electron chi connectivity index (χ4n) is 2.90. The lowest BCUT2D eigenvalue weighted by Crippen LogP contribution is -2.47. The van der Waals surface area contributed by atoms with Crippen LogP contribution in [-0.2, 0) is 28.9 Å². The molecule has 1 unspecified atom stereocenters. The number of carbonyl (C=O) groups is 2. The summed E-state index contributed by atoms with van der Waals surface area (Å²) < 4.78 is 49.9. The summed E-state index contributed by atoms with van der Waals surface area (Å²) >= 11 is 0. The largest absolute Gasteiger partial charge is 0.489 e. The number of alkyl carbamates (subject to hydrolysis) is 1. The van der Waals surface area contributed by atoms with Crippen molar-refractivity contribution in [3.63, 3.8) is 0 Å². The molecular weight excluding hydrogens is 437 g/mol. The summed E-state index contributed by atoms with van der Waals surface area (Å²) in [5, 5.41) is 5.29. The highest BCUT2D eigenvalue weighted by atomic mass is 19.4. The van der Waals surface area contributed by atoms with Crippen LogP contribution >= 0.6 is 0 Å². The number of carbonyl (C=O) groups excluding carboxylic acids is 2. The number of hydrogen-bond acceptors (Lipinski definition) is 4. The van der Waals surface area contributed by atoms with Crippen molar-refractivity contribution in [1.29, 1.82) is 0 Å². The maximum Gasteiger partial charge on any atom is 0.416 e. The normalized spacial score (nSPS) is 12.6. The number of rotatable bonds is 8. The molecule has 180 valence electrons. The molecule has 1 atom stereocenters. The minimum atomic E-state index is -4.45. The molecule has 0 radical (unpaired) electrons. The van der Waals surface area contributed by atoms with Crippen molar-refractivity contribution < 1.29 is 32.2 Å². The average molecular weight is 467 g/mol. The maximum absolute atomic E-state index is 13.1. The van der Waals surface area contributed by atoms with Crippen molar-refractivity contribution in [1.82, 2.24) is 10.6 Å². The van der Waals surface area contributed by atoms with Crippen LogP contribution in [0, 0.1) is 0 Å². The third kappa shape index (κ3) is 8.67. The number of nitrogens with one attached hydrogen (secondary N) is 2. The lowest BCUT2D eigenvalue weighted by atomic mass is 10.1. The minimum absolute atomic E-state index is 0.0458. The van der Waals surface area contributed by atoms with Gasteiger partial charge in [-0.25, -0.2) is 4.79 Å². The highest BCUT2D eigenvalue weighted by Gasteiger charge is 2.33. The zero-order chi connectivity index (χ0) is 24.6. The molecule has 0 heterocycles. The Balaban J connectivity index is 1.88. The van der Waals surface area contributed by atoms with Crippen molar-refractivity contribution in [3.8, 4) is 5.75 Å². The van der Waals surface area contributed by atoms with Crippen LogP contribution < -0.4 is 15.4 Å². The SMILES string of the molecule is CCC(NC(=O)OC(C)(C)C)C(=O)NCc1ccc(OCc2ccccc2C(F)(F)F)cc1.